The van der Waals surface area contributed by atoms with Crippen LogP contribution in [0.15, 0.2) is 0 Å². The van der Waals surface area contributed by atoms with Gasteiger partial charge in [0.25, 0.3) is 0 Å². The molecule has 0 aliphatic carbocycles. The predicted octanol–water partition coefficient (Wildman–Crippen LogP) is 4.88. The maximum atomic E-state index is 12.6. The molecular weight excluding hydrogens is 275 g/mol. The van der Waals surface area contributed by atoms with Gasteiger partial charge in [0.1, 0.15) is 0 Å². The van der Waals surface area contributed by atoms with Crippen molar-refractivity contribution in [3.8, 4) is 0 Å². The van der Waals surface area contributed by atoms with Crippen LogP contribution in [0.4, 0.5) is 0 Å². The van der Waals surface area contributed by atoms with Crippen molar-refractivity contribution >= 4 is 7.60 Å². The van der Waals surface area contributed by atoms with E-state index < -0.39 is 7.60 Å². The lowest BCUT2D eigenvalue weighted by atomic mass is 10.1. The van der Waals surface area contributed by atoms with E-state index in [1.54, 1.807) is 7.11 Å². The predicted molar refractivity (Wildman–Crippen MR) is 84.5 cm³/mol. The highest BCUT2D eigenvalue weighted by molar-refractivity contribution is 7.53. The van der Waals surface area contributed by atoms with Gasteiger partial charge in [-0.3, -0.25) is 4.57 Å². The summed E-state index contributed by atoms with van der Waals surface area (Å²) < 4.78 is 28.8. The zero-order valence-corrected chi connectivity index (χ0v) is 14.6. The molecule has 0 heterocycles. The molecular formula is C15H33O4P. The van der Waals surface area contributed by atoms with Crippen molar-refractivity contribution in [2.45, 2.75) is 59.3 Å². The van der Waals surface area contributed by atoms with Gasteiger partial charge in [0.2, 0.25) is 0 Å². The molecule has 5 heteroatoms. The lowest BCUT2D eigenvalue weighted by Crippen LogP contribution is -2.07. The maximum Gasteiger partial charge on any atom is 0.330 e. The minimum absolute atomic E-state index is 0.512. The summed E-state index contributed by atoms with van der Waals surface area (Å²) in [6, 6.07) is 0. The Kier molecular flexibility index (Phi) is 12.9. The Hall–Kier alpha value is 0.110. The van der Waals surface area contributed by atoms with Gasteiger partial charge in [-0.25, -0.2) is 0 Å². The van der Waals surface area contributed by atoms with Crippen LogP contribution in [0.5, 0.6) is 0 Å². The minimum atomic E-state index is -2.88. The van der Waals surface area contributed by atoms with Crippen molar-refractivity contribution in [2.24, 2.45) is 5.92 Å². The fraction of sp³-hybridized carbons (Fsp3) is 1.00. The quantitative estimate of drug-likeness (QED) is 0.339. The van der Waals surface area contributed by atoms with Crippen molar-refractivity contribution in [3.63, 3.8) is 0 Å². The van der Waals surface area contributed by atoms with E-state index in [1.807, 2.05) is 0 Å². The summed E-state index contributed by atoms with van der Waals surface area (Å²) >= 11 is 0. The third kappa shape index (κ3) is 10.8. The monoisotopic (exact) mass is 308 g/mol. The second kappa shape index (κ2) is 12.8. The molecule has 0 amide bonds. The fourth-order valence-electron chi connectivity index (χ4n) is 1.72. The van der Waals surface area contributed by atoms with Gasteiger partial charge >= 0.3 is 7.60 Å². The fourth-order valence-corrected chi connectivity index (χ4v) is 3.55. The summed E-state index contributed by atoms with van der Waals surface area (Å²) in [7, 11) is -1.17. The zero-order chi connectivity index (χ0) is 15.3. The van der Waals surface area contributed by atoms with E-state index in [1.165, 1.54) is 0 Å². The van der Waals surface area contributed by atoms with Gasteiger partial charge < -0.3 is 13.8 Å². The van der Waals surface area contributed by atoms with Gasteiger partial charge in [-0.05, 0) is 31.6 Å². The standard InChI is InChI=1S/C15H33O4P/c1-5-7-11-18-20(16,14-8-6-2)19-13-10-15(3)9-12-17-4/h15H,5-14H2,1-4H3. The van der Waals surface area contributed by atoms with Crippen LogP contribution < -0.4 is 0 Å². The molecule has 2 atom stereocenters. The minimum Gasteiger partial charge on any atom is -0.385 e. The second-order valence-corrected chi connectivity index (χ2v) is 7.57. The second-order valence-electron chi connectivity index (χ2n) is 5.38. The van der Waals surface area contributed by atoms with E-state index in [0.29, 0.717) is 25.3 Å². The number of unbranched alkanes of at least 4 members (excludes halogenated alkanes) is 2. The summed E-state index contributed by atoms with van der Waals surface area (Å²) in [5.41, 5.74) is 0. The Morgan fingerprint density at radius 2 is 1.55 bits per heavy atom. The van der Waals surface area contributed by atoms with E-state index in [2.05, 4.69) is 20.8 Å². The summed E-state index contributed by atoms with van der Waals surface area (Å²) in [5, 5.41) is 0. The highest BCUT2D eigenvalue weighted by Gasteiger charge is 2.23. The SMILES string of the molecule is CCCCOP(=O)(CCCC)OCCC(C)CCOC. The van der Waals surface area contributed by atoms with Crippen LogP contribution in [-0.2, 0) is 18.3 Å². The average Bonchev–Trinajstić information content (AvgIpc) is 2.43. The maximum absolute atomic E-state index is 12.6. The highest BCUT2D eigenvalue weighted by atomic mass is 31.2. The van der Waals surface area contributed by atoms with Gasteiger partial charge in [-0.15, -0.1) is 0 Å². The summed E-state index contributed by atoms with van der Waals surface area (Å²) in [6.45, 7) is 8.16. The van der Waals surface area contributed by atoms with Crippen molar-refractivity contribution in [1.82, 2.24) is 0 Å². The zero-order valence-electron chi connectivity index (χ0n) is 13.7. The van der Waals surface area contributed by atoms with Crippen molar-refractivity contribution in [2.75, 3.05) is 33.1 Å². The van der Waals surface area contributed by atoms with Crippen LogP contribution >= 0.6 is 7.60 Å². The molecule has 0 saturated heterocycles. The summed E-state index contributed by atoms with van der Waals surface area (Å²) in [6.07, 6.45) is 6.33. The Bertz CT molecular complexity index is 258. The molecule has 4 nitrogen and oxygen atoms in total. The van der Waals surface area contributed by atoms with E-state index in [-0.39, 0.29) is 0 Å². The van der Waals surface area contributed by atoms with E-state index in [9.17, 15) is 4.57 Å². The van der Waals surface area contributed by atoms with Crippen LogP contribution in [0.3, 0.4) is 0 Å². The summed E-state index contributed by atoms with van der Waals surface area (Å²) in [4.78, 5) is 0. The van der Waals surface area contributed by atoms with Gasteiger partial charge in [0, 0.05) is 13.7 Å². The molecule has 0 aliphatic heterocycles. The van der Waals surface area contributed by atoms with Gasteiger partial charge in [0.05, 0.1) is 19.4 Å². The number of hydrogen-bond acceptors (Lipinski definition) is 4. The van der Waals surface area contributed by atoms with Crippen molar-refractivity contribution in [3.05, 3.63) is 0 Å². The number of hydrogen-bond donors (Lipinski definition) is 0. The van der Waals surface area contributed by atoms with Gasteiger partial charge in [0.15, 0.2) is 0 Å². The molecule has 0 aliphatic rings. The van der Waals surface area contributed by atoms with Crippen LogP contribution in [0.2, 0.25) is 0 Å². The molecule has 0 aromatic rings. The highest BCUT2D eigenvalue weighted by Crippen LogP contribution is 2.49. The third-order valence-corrected chi connectivity index (χ3v) is 5.30. The average molecular weight is 308 g/mol. The van der Waals surface area contributed by atoms with Crippen LogP contribution in [0.1, 0.15) is 59.3 Å². The summed E-state index contributed by atoms with van der Waals surface area (Å²) in [5.74, 6) is 0.519. The Morgan fingerprint density at radius 1 is 0.950 bits per heavy atom. The Balaban J connectivity index is 4.04. The Labute approximate surface area is 125 Å². The number of rotatable bonds is 14. The molecule has 0 aromatic carbocycles. The molecule has 122 valence electrons. The lowest BCUT2D eigenvalue weighted by molar-refractivity contribution is 0.163. The van der Waals surface area contributed by atoms with Crippen LogP contribution in [0, 0.1) is 5.92 Å². The van der Waals surface area contributed by atoms with Crippen LogP contribution in [0.25, 0.3) is 0 Å². The first-order chi connectivity index (χ1) is 9.58. The third-order valence-electron chi connectivity index (χ3n) is 3.28. The molecule has 0 radical (unpaired) electrons. The first-order valence-corrected chi connectivity index (χ1v) is 9.67. The van der Waals surface area contributed by atoms with Crippen molar-refractivity contribution in [1.29, 1.82) is 0 Å². The number of methoxy groups -OCH3 is 1. The molecule has 0 bridgehead atoms. The molecule has 0 spiro atoms. The largest absolute Gasteiger partial charge is 0.385 e. The Morgan fingerprint density at radius 3 is 2.15 bits per heavy atom. The molecule has 20 heavy (non-hydrogen) atoms. The smallest absolute Gasteiger partial charge is 0.330 e. The topological polar surface area (TPSA) is 44.8 Å². The van der Waals surface area contributed by atoms with E-state index in [4.69, 9.17) is 13.8 Å². The van der Waals surface area contributed by atoms with Crippen LogP contribution in [-0.4, -0.2) is 33.1 Å². The van der Waals surface area contributed by atoms with E-state index >= 15 is 0 Å². The van der Waals surface area contributed by atoms with Crippen molar-refractivity contribution < 1.29 is 18.3 Å². The number of ether oxygens (including phenoxy) is 1. The molecule has 2 unspecified atom stereocenters. The van der Waals surface area contributed by atoms with Gasteiger partial charge in [-0.2, -0.15) is 0 Å². The molecule has 0 aromatic heterocycles. The normalized spacial score (nSPS) is 16.0. The van der Waals surface area contributed by atoms with Gasteiger partial charge in [-0.1, -0.05) is 33.6 Å². The molecule has 0 saturated carbocycles. The molecule has 0 N–H and O–H groups in total. The first-order valence-electron chi connectivity index (χ1n) is 7.95. The first kappa shape index (κ1) is 20.1. The van der Waals surface area contributed by atoms with E-state index in [0.717, 1.165) is 45.1 Å². The molecule has 0 rings (SSSR count). The molecule has 0 fully saturated rings. The lowest BCUT2D eigenvalue weighted by Gasteiger charge is -2.19.